The monoisotopic (exact) mass is 539 g/mol. The molecule has 2 aromatic carbocycles. The smallest absolute Gasteiger partial charge is 0.229 e. The highest BCUT2D eigenvalue weighted by molar-refractivity contribution is 7.70. The lowest BCUT2D eigenvalue weighted by Crippen LogP contribution is -2.37. The van der Waals surface area contributed by atoms with Gasteiger partial charge >= 0.3 is 0 Å². The normalized spacial score (nSPS) is 23.2. The Morgan fingerprint density at radius 3 is 2.54 bits per heavy atom. The minimum atomic E-state index is -2.74. The van der Waals surface area contributed by atoms with Crippen LogP contribution in [0.15, 0.2) is 42.6 Å². The molecule has 2 N–H and O–H groups in total. The average Bonchev–Trinajstić information content (AvgIpc) is 3.38. The summed E-state index contributed by atoms with van der Waals surface area (Å²) in [6.07, 6.45) is 9.00. The summed E-state index contributed by atoms with van der Waals surface area (Å²) in [5.41, 5.74) is 4.27. The summed E-state index contributed by atoms with van der Waals surface area (Å²) < 4.78 is 26.6. The topological polar surface area (TPSA) is 70.2 Å². The van der Waals surface area contributed by atoms with Crippen LogP contribution in [0.25, 0.3) is 0 Å². The first-order valence-corrected chi connectivity index (χ1v) is 16.0. The van der Waals surface area contributed by atoms with Crippen LogP contribution in [0.5, 0.6) is 0 Å². The van der Waals surface area contributed by atoms with E-state index < -0.39 is 13.0 Å². The highest BCUT2D eigenvalue weighted by Gasteiger charge is 2.45. The van der Waals surface area contributed by atoms with E-state index in [9.17, 15) is 8.96 Å². The first-order valence-electron chi connectivity index (χ1n) is 13.0. The molecule has 4 aliphatic rings. The summed E-state index contributed by atoms with van der Waals surface area (Å²) in [5.74, 6) is 1.28. The summed E-state index contributed by atoms with van der Waals surface area (Å²) in [4.78, 5) is 11.7. The lowest BCUT2D eigenvalue weighted by molar-refractivity contribution is 0.170. The van der Waals surface area contributed by atoms with Crippen LogP contribution in [0.2, 0.25) is 5.02 Å². The molecule has 0 spiro atoms. The molecule has 0 unspecified atom stereocenters. The summed E-state index contributed by atoms with van der Waals surface area (Å²) in [5, 5.41) is 7.17. The Bertz CT molecular complexity index is 1390. The van der Waals surface area contributed by atoms with E-state index in [1.54, 1.807) is 19.4 Å². The predicted octanol–water partition coefficient (Wildman–Crippen LogP) is 6.35. The molecule has 2 aliphatic heterocycles. The number of hydrogen-bond donors (Lipinski definition) is 2. The number of hydrogen-bond acceptors (Lipinski definition) is 6. The van der Waals surface area contributed by atoms with Gasteiger partial charge in [0.25, 0.3) is 0 Å². The van der Waals surface area contributed by atoms with Crippen LogP contribution in [-0.2, 0) is 17.4 Å². The van der Waals surface area contributed by atoms with Gasteiger partial charge in [-0.1, -0.05) is 17.7 Å². The quantitative estimate of drug-likeness (QED) is 0.281. The van der Waals surface area contributed by atoms with Crippen molar-refractivity contribution < 1.29 is 8.96 Å². The third kappa shape index (κ3) is 5.14. The van der Waals surface area contributed by atoms with Crippen molar-refractivity contribution in [1.82, 2.24) is 14.9 Å². The Kier molecular flexibility index (Phi) is 6.50. The van der Waals surface area contributed by atoms with Crippen molar-refractivity contribution in [3.63, 3.8) is 0 Å². The third-order valence-electron chi connectivity index (χ3n) is 8.11. The van der Waals surface area contributed by atoms with E-state index in [0.717, 1.165) is 30.5 Å². The molecule has 1 saturated carbocycles. The SMILES string of the molecule is CP(C)(=O)c1cc(F)ccc1Nc1nc(Nc2ccc3c(c2)CC[C@H](N2CC4CC2C4)CC3)ncc1Cl. The lowest BCUT2D eigenvalue weighted by Gasteiger charge is -2.32. The number of aromatic nitrogens is 2. The second kappa shape index (κ2) is 9.68. The van der Waals surface area contributed by atoms with Gasteiger partial charge in [-0.15, -0.1) is 0 Å². The number of nitrogens with zero attached hydrogens (tertiary/aromatic N) is 3. The van der Waals surface area contributed by atoms with Crippen LogP contribution in [0, 0.1) is 11.7 Å². The van der Waals surface area contributed by atoms with Crippen LogP contribution in [0.3, 0.4) is 0 Å². The molecule has 3 fully saturated rings. The molecule has 0 amide bonds. The molecule has 37 heavy (non-hydrogen) atoms. The molecule has 2 aliphatic carbocycles. The molecule has 0 radical (unpaired) electrons. The van der Waals surface area contributed by atoms with Crippen molar-refractivity contribution in [2.24, 2.45) is 5.92 Å². The predicted molar refractivity (Wildman–Crippen MR) is 149 cm³/mol. The zero-order chi connectivity index (χ0) is 25.7. The highest BCUT2D eigenvalue weighted by Crippen LogP contribution is 2.44. The van der Waals surface area contributed by atoms with Crippen LogP contribution < -0.4 is 15.9 Å². The van der Waals surface area contributed by atoms with Gasteiger partial charge in [-0.05, 0) is 99.2 Å². The Balaban J connectivity index is 1.18. The highest BCUT2D eigenvalue weighted by atomic mass is 35.5. The van der Waals surface area contributed by atoms with E-state index in [1.807, 2.05) is 0 Å². The van der Waals surface area contributed by atoms with E-state index >= 15 is 0 Å². The Hall–Kier alpha value is -2.47. The maximum absolute atomic E-state index is 13.9. The van der Waals surface area contributed by atoms with Crippen LogP contribution in [-0.4, -0.2) is 46.8 Å². The molecular formula is C28H32ClFN5OP. The molecule has 3 heterocycles. The van der Waals surface area contributed by atoms with E-state index in [-0.39, 0.29) is 0 Å². The Morgan fingerprint density at radius 1 is 1.03 bits per heavy atom. The second-order valence-corrected chi connectivity index (χ2v) is 14.6. The van der Waals surface area contributed by atoms with Crippen molar-refractivity contribution in [2.45, 2.75) is 50.6 Å². The Morgan fingerprint density at radius 2 is 1.81 bits per heavy atom. The molecule has 194 valence electrons. The first kappa shape index (κ1) is 24.8. The first-order chi connectivity index (χ1) is 17.7. The molecular weight excluding hydrogens is 508 g/mol. The summed E-state index contributed by atoms with van der Waals surface area (Å²) in [6, 6.07) is 12.2. The second-order valence-electron chi connectivity index (χ2n) is 11.1. The zero-order valence-electron chi connectivity index (χ0n) is 21.2. The van der Waals surface area contributed by atoms with Gasteiger partial charge in [-0.25, -0.2) is 9.37 Å². The van der Waals surface area contributed by atoms with Gasteiger partial charge in [0.1, 0.15) is 18.0 Å². The number of anilines is 4. The van der Waals surface area contributed by atoms with E-state index in [0.29, 0.717) is 33.8 Å². The minimum Gasteiger partial charge on any atom is -0.338 e. The number of rotatable bonds is 6. The zero-order valence-corrected chi connectivity index (χ0v) is 22.8. The van der Waals surface area contributed by atoms with E-state index in [2.05, 4.69) is 43.7 Å². The van der Waals surface area contributed by atoms with Gasteiger partial charge < -0.3 is 15.2 Å². The number of halogens is 2. The van der Waals surface area contributed by atoms with Crippen LogP contribution >= 0.6 is 18.7 Å². The summed E-state index contributed by atoms with van der Waals surface area (Å²) in [6.45, 7) is 4.52. The van der Waals surface area contributed by atoms with Crippen molar-refractivity contribution >= 4 is 47.2 Å². The van der Waals surface area contributed by atoms with E-state index in [1.165, 1.54) is 61.7 Å². The number of fused-ring (bicyclic) bond motifs is 2. The standard InChI is InChI=1S/C28H32ClFN5OP/c1-37(2,36)26-14-20(30)6-10-25(26)33-27-24(29)15-31-28(34-27)32-21-7-3-18-4-8-22(9-5-19(18)13-21)35-16-17-11-23(35)12-17/h3,6-7,10,13-15,17,22-23H,4-5,8-9,11-12,16H2,1-2H3,(H2,31,32,33,34)/t17?,22-,23?/m1/s1. The van der Waals surface area contributed by atoms with Crippen molar-refractivity contribution in [2.75, 3.05) is 30.5 Å². The maximum atomic E-state index is 13.9. The number of aryl methyl sites for hydroxylation is 2. The lowest BCUT2D eigenvalue weighted by atomic mass is 9.86. The van der Waals surface area contributed by atoms with Gasteiger partial charge in [0.2, 0.25) is 5.95 Å². The van der Waals surface area contributed by atoms with Gasteiger partial charge in [0, 0.05) is 29.6 Å². The summed E-state index contributed by atoms with van der Waals surface area (Å²) in [7, 11) is -2.74. The Labute approximate surface area is 222 Å². The molecule has 3 aromatic rings. The van der Waals surface area contributed by atoms with Crippen molar-refractivity contribution in [3.05, 3.63) is 64.6 Å². The van der Waals surface area contributed by atoms with Gasteiger partial charge in [0.15, 0.2) is 5.82 Å². The minimum absolute atomic E-state index is 0.315. The fourth-order valence-electron chi connectivity index (χ4n) is 6.14. The van der Waals surface area contributed by atoms with Gasteiger partial charge in [0.05, 0.1) is 11.9 Å². The molecule has 2 bridgehead atoms. The van der Waals surface area contributed by atoms with Crippen LogP contribution in [0.4, 0.5) is 27.5 Å². The largest absolute Gasteiger partial charge is 0.338 e. The molecule has 6 nitrogen and oxygen atoms in total. The molecule has 1 atom stereocenters. The van der Waals surface area contributed by atoms with E-state index in [4.69, 9.17) is 11.6 Å². The molecule has 9 heteroatoms. The fourth-order valence-corrected chi connectivity index (χ4v) is 7.43. The van der Waals surface area contributed by atoms with Gasteiger partial charge in [-0.2, -0.15) is 4.98 Å². The third-order valence-corrected chi connectivity index (χ3v) is 9.92. The number of nitrogens with one attached hydrogen (secondary N) is 2. The average molecular weight is 540 g/mol. The van der Waals surface area contributed by atoms with Crippen molar-refractivity contribution in [3.8, 4) is 0 Å². The fraction of sp³-hybridized carbons (Fsp3) is 0.429. The van der Waals surface area contributed by atoms with Crippen LogP contribution in [0.1, 0.15) is 36.8 Å². The van der Waals surface area contributed by atoms with Crippen molar-refractivity contribution in [1.29, 1.82) is 0 Å². The van der Waals surface area contributed by atoms with Gasteiger partial charge in [-0.3, -0.25) is 4.90 Å². The summed E-state index contributed by atoms with van der Waals surface area (Å²) >= 11 is 6.38. The number of benzene rings is 2. The molecule has 2 saturated heterocycles. The molecule has 1 aromatic heterocycles. The molecule has 7 rings (SSSR count). The maximum Gasteiger partial charge on any atom is 0.229 e.